The van der Waals surface area contributed by atoms with Crippen LogP contribution in [0, 0.1) is 5.92 Å². The van der Waals surface area contributed by atoms with Crippen LogP contribution in [0.2, 0.25) is 0 Å². The molecule has 1 saturated carbocycles. The Kier molecular flexibility index (Phi) is 4.88. The lowest BCUT2D eigenvalue weighted by atomic mass is 9.84. The Morgan fingerprint density at radius 2 is 2.05 bits per heavy atom. The van der Waals surface area contributed by atoms with Crippen molar-refractivity contribution in [2.75, 3.05) is 12.8 Å². The van der Waals surface area contributed by atoms with Gasteiger partial charge in [-0.2, -0.15) is 0 Å². The van der Waals surface area contributed by atoms with E-state index in [0.29, 0.717) is 22.9 Å². The number of hydrogen-bond donors (Lipinski definition) is 2. The van der Waals surface area contributed by atoms with Gasteiger partial charge in [-0.05, 0) is 43.9 Å². The first-order chi connectivity index (χ1) is 9.61. The number of methoxy groups -OCH3 is 1. The summed E-state index contributed by atoms with van der Waals surface area (Å²) in [5, 5.41) is 3.10. The van der Waals surface area contributed by atoms with Gasteiger partial charge in [0.25, 0.3) is 5.91 Å². The Balaban J connectivity index is 2.00. The minimum absolute atomic E-state index is 0.0543. The maximum Gasteiger partial charge on any atom is 0.251 e. The molecule has 2 rings (SSSR count). The number of hydrogen-bond acceptors (Lipinski definition) is 3. The predicted octanol–water partition coefficient (Wildman–Crippen LogP) is 2.98. The number of carbonyl (C=O) groups excluding carboxylic acids is 1. The van der Waals surface area contributed by atoms with Crippen LogP contribution in [0.1, 0.15) is 49.4 Å². The maximum absolute atomic E-state index is 12.3. The Bertz CT molecular complexity index is 468. The molecule has 0 bridgehead atoms. The lowest BCUT2D eigenvalue weighted by molar-refractivity contribution is 0.0919. The van der Waals surface area contributed by atoms with Gasteiger partial charge >= 0.3 is 0 Å². The van der Waals surface area contributed by atoms with Crippen molar-refractivity contribution in [1.82, 2.24) is 5.32 Å². The summed E-state index contributed by atoms with van der Waals surface area (Å²) in [6.45, 7) is 2.10. The number of anilines is 1. The Morgan fingerprint density at radius 1 is 1.35 bits per heavy atom. The lowest BCUT2D eigenvalue weighted by Gasteiger charge is -2.28. The minimum Gasteiger partial charge on any atom is -0.495 e. The summed E-state index contributed by atoms with van der Waals surface area (Å²) in [4.78, 5) is 12.3. The molecular weight excluding hydrogens is 252 g/mol. The second-order valence-corrected chi connectivity index (χ2v) is 5.62. The summed E-state index contributed by atoms with van der Waals surface area (Å²) in [7, 11) is 1.55. The van der Waals surface area contributed by atoms with Gasteiger partial charge in [-0.1, -0.05) is 19.3 Å². The number of nitrogens with one attached hydrogen (secondary N) is 1. The van der Waals surface area contributed by atoms with E-state index in [-0.39, 0.29) is 11.9 Å². The van der Waals surface area contributed by atoms with Crippen LogP contribution in [-0.2, 0) is 0 Å². The molecule has 1 aliphatic rings. The van der Waals surface area contributed by atoms with Crippen LogP contribution in [-0.4, -0.2) is 19.1 Å². The Labute approximate surface area is 120 Å². The molecule has 0 heterocycles. The SMILES string of the molecule is COc1cc(C(=O)NC(C)C2CCCCC2)ccc1N. The highest BCUT2D eigenvalue weighted by Gasteiger charge is 2.22. The fraction of sp³-hybridized carbons (Fsp3) is 0.562. The minimum atomic E-state index is -0.0543. The quantitative estimate of drug-likeness (QED) is 0.831. The van der Waals surface area contributed by atoms with E-state index in [1.165, 1.54) is 32.1 Å². The van der Waals surface area contributed by atoms with E-state index in [1.807, 2.05) is 0 Å². The summed E-state index contributed by atoms with van der Waals surface area (Å²) < 4.78 is 5.15. The average molecular weight is 276 g/mol. The maximum atomic E-state index is 12.3. The van der Waals surface area contributed by atoms with Crippen molar-refractivity contribution < 1.29 is 9.53 Å². The van der Waals surface area contributed by atoms with Crippen molar-refractivity contribution in [3.05, 3.63) is 23.8 Å². The first kappa shape index (κ1) is 14.7. The average Bonchev–Trinajstić information content (AvgIpc) is 2.48. The van der Waals surface area contributed by atoms with E-state index < -0.39 is 0 Å². The molecule has 110 valence electrons. The summed E-state index contributed by atoms with van der Waals surface area (Å²) in [6, 6.07) is 5.35. The van der Waals surface area contributed by atoms with Crippen molar-refractivity contribution in [1.29, 1.82) is 0 Å². The molecule has 0 aliphatic heterocycles. The molecule has 1 unspecified atom stereocenters. The van der Waals surface area contributed by atoms with E-state index >= 15 is 0 Å². The van der Waals surface area contributed by atoms with Crippen LogP contribution in [0.5, 0.6) is 5.75 Å². The van der Waals surface area contributed by atoms with Crippen molar-refractivity contribution in [2.45, 2.75) is 45.1 Å². The van der Waals surface area contributed by atoms with Crippen molar-refractivity contribution in [3.63, 3.8) is 0 Å². The summed E-state index contributed by atoms with van der Waals surface area (Å²) >= 11 is 0. The van der Waals surface area contributed by atoms with E-state index in [0.717, 1.165) is 0 Å². The zero-order valence-electron chi connectivity index (χ0n) is 12.3. The molecule has 4 heteroatoms. The van der Waals surface area contributed by atoms with Crippen LogP contribution in [0.3, 0.4) is 0 Å². The molecule has 1 amide bonds. The first-order valence-electron chi connectivity index (χ1n) is 7.36. The number of carbonyl (C=O) groups is 1. The molecule has 3 N–H and O–H groups in total. The van der Waals surface area contributed by atoms with Gasteiger partial charge in [-0.3, -0.25) is 4.79 Å². The zero-order valence-corrected chi connectivity index (χ0v) is 12.3. The largest absolute Gasteiger partial charge is 0.495 e. The number of ether oxygens (including phenoxy) is 1. The van der Waals surface area contributed by atoms with Crippen LogP contribution < -0.4 is 15.8 Å². The third kappa shape index (κ3) is 3.44. The van der Waals surface area contributed by atoms with Gasteiger partial charge in [-0.25, -0.2) is 0 Å². The molecule has 20 heavy (non-hydrogen) atoms. The molecule has 4 nitrogen and oxygen atoms in total. The Hall–Kier alpha value is -1.71. The molecule has 1 fully saturated rings. The predicted molar refractivity (Wildman–Crippen MR) is 80.9 cm³/mol. The third-order valence-corrected chi connectivity index (χ3v) is 4.21. The van der Waals surface area contributed by atoms with Gasteiger partial charge in [0.05, 0.1) is 12.8 Å². The topological polar surface area (TPSA) is 64.3 Å². The molecule has 1 aliphatic carbocycles. The van der Waals surface area contributed by atoms with Gasteiger partial charge < -0.3 is 15.8 Å². The van der Waals surface area contributed by atoms with Gasteiger partial charge in [0.15, 0.2) is 0 Å². The van der Waals surface area contributed by atoms with Gasteiger partial charge in [0.1, 0.15) is 5.75 Å². The Morgan fingerprint density at radius 3 is 2.70 bits per heavy atom. The van der Waals surface area contributed by atoms with E-state index in [1.54, 1.807) is 25.3 Å². The highest BCUT2D eigenvalue weighted by atomic mass is 16.5. The zero-order chi connectivity index (χ0) is 14.5. The molecule has 1 aromatic rings. The van der Waals surface area contributed by atoms with E-state index in [9.17, 15) is 4.79 Å². The summed E-state index contributed by atoms with van der Waals surface area (Å²) in [6.07, 6.45) is 6.31. The number of rotatable bonds is 4. The number of amides is 1. The number of nitrogen functional groups attached to an aromatic ring is 1. The van der Waals surface area contributed by atoms with Crippen LogP contribution in [0.15, 0.2) is 18.2 Å². The normalized spacial score (nSPS) is 17.5. The van der Waals surface area contributed by atoms with Crippen molar-refractivity contribution in [3.8, 4) is 5.75 Å². The van der Waals surface area contributed by atoms with Crippen LogP contribution in [0.4, 0.5) is 5.69 Å². The molecule has 0 radical (unpaired) electrons. The standard InChI is InChI=1S/C16H24N2O2/c1-11(12-6-4-3-5-7-12)18-16(19)13-8-9-14(17)15(10-13)20-2/h8-12H,3-7,17H2,1-2H3,(H,18,19). The van der Waals surface area contributed by atoms with E-state index in [2.05, 4.69) is 12.2 Å². The molecular formula is C16H24N2O2. The second kappa shape index (κ2) is 6.64. The lowest BCUT2D eigenvalue weighted by Crippen LogP contribution is -2.38. The van der Waals surface area contributed by atoms with Crippen LogP contribution >= 0.6 is 0 Å². The summed E-state index contributed by atoms with van der Waals surface area (Å²) in [5.41, 5.74) is 6.90. The van der Waals surface area contributed by atoms with Gasteiger partial charge in [0.2, 0.25) is 0 Å². The molecule has 1 atom stereocenters. The monoisotopic (exact) mass is 276 g/mol. The van der Waals surface area contributed by atoms with E-state index in [4.69, 9.17) is 10.5 Å². The molecule has 0 aromatic heterocycles. The first-order valence-corrected chi connectivity index (χ1v) is 7.36. The third-order valence-electron chi connectivity index (χ3n) is 4.21. The highest BCUT2D eigenvalue weighted by molar-refractivity contribution is 5.95. The van der Waals surface area contributed by atoms with Crippen molar-refractivity contribution in [2.24, 2.45) is 5.92 Å². The second-order valence-electron chi connectivity index (χ2n) is 5.62. The fourth-order valence-electron chi connectivity index (χ4n) is 2.89. The number of benzene rings is 1. The smallest absolute Gasteiger partial charge is 0.251 e. The van der Waals surface area contributed by atoms with Crippen LogP contribution in [0.25, 0.3) is 0 Å². The molecule has 0 saturated heterocycles. The van der Waals surface area contributed by atoms with Crippen molar-refractivity contribution >= 4 is 11.6 Å². The molecule has 0 spiro atoms. The van der Waals surface area contributed by atoms with Gasteiger partial charge in [0, 0.05) is 11.6 Å². The molecule has 1 aromatic carbocycles. The van der Waals surface area contributed by atoms with Gasteiger partial charge in [-0.15, -0.1) is 0 Å². The fourth-order valence-corrected chi connectivity index (χ4v) is 2.89. The summed E-state index contributed by atoms with van der Waals surface area (Å²) in [5.74, 6) is 1.09. The highest BCUT2D eigenvalue weighted by Crippen LogP contribution is 2.27. The number of nitrogens with two attached hydrogens (primary N) is 1.